The van der Waals surface area contributed by atoms with Crippen molar-refractivity contribution in [2.24, 2.45) is 0 Å². The molecule has 39 heavy (non-hydrogen) atoms. The number of alkyl halides is 2. The van der Waals surface area contributed by atoms with E-state index >= 15 is 0 Å². The highest BCUT2D eigenvalue weighted by molar-refractivity contribution is 6.53. The Morgan fingerprint density at radius 2 is 1.67 bits per heavy atom. The zero-order chi connectivity index (χ0) is 27.7. The van der Waals surface area contributed by atoms with E-state index < -0.39 is 44.9 Å². The molecule has 0 radical (unpaired) electrons. The number of fused-ring (bicyclic) bond motifs is 4. The second kappa shape index (κ2) is 8.97. The number of benzene rings is 2. The summed E-state index contributed by atoms with van der Waals surface area (Å²) in [6.45, 7) is -0.222. The summed E-state index contributed by atoms with van der Waals surface area (Å²) in [6, 6.07) is 14.5. The first-order chi connectivity index (χ1) is 18.7. The van der Waals surface area contributed by atoms with Gasteiger partial charge in [-0.2, -0.15) is 0 Å². The van der Waals surface area contributed by atoms with E-state index in [0.717, 1.165) is 9.47 Å². The van der Waals surface area contributed by atoms with Crippen LogP contribution in [0.5, 0.6) is 5.75 Å². The van der Waals surface area contributed by atoms with Gasteiger partial charge in [-0.1, -0.05) is 42.5 Å². The van der Waals surface area contributed by atoms with Crippen molar-refractivity contribution in [1.82, 2.24) is 18.8 Å². The number of halogens is 2. The van der Waals surface area contributed by atoms with Crippen LogP contribution in [0.3, 0.4) is 0 Å². The number of likely N-dealkylation sites (tertiary alicyclic amines) is 1. The van der Waals surface area contributed by atoms with Crippen molar-refractivity contribution in [2.45, 2.75) is 34.7 Å². The Morgan fingerprint density at radius 3 is 2.38 bits per heavy atom. The zero-order valence-corrected chi connectivity index (χ0v) is 22.3. The molecule has 0 spiro atoms. The molecular formula is C27H24Cl2N4O6. The molecule has 6 rings (SSSR count). The molecule has 0 bridgehead atoms. The number of rotatable bonds is 5. The highest BCUT2D eigenvalue weighted by Gasteiger charge is 2.75. The molecule has 1 saturated carbocycles. The molecule has 2 aliphatic heterocycles. The number of carbonyl (C=O) groups excluding carboxylic acids is 2. The van der Waals surface area contributed by atoms with Crippen LogP contribution in [0.4, 0.5) is 0 Å². The quantitative estimate of drug-likeness (QED) is 0.284. The molecule has 202 valence electrons. The van der Waals surface area contributed by atoms with Crippen LogP contribution in [0.15, 0.2) is 75.8 Å². The van der Waals surface area contributed by atoms with Crippen molar-refractivity contribution in [1.29, 1.82) is 0 Å². The Kier molecular flexibility index (Phi) is 5.90. The molecular weight excluding hydrogens is 547 g/mol. The Labute approximate surface area is 232 Å². The molecule has 4 atom stereocenters. The van der Waals surface area contributed by atoms with Crippen LogP contribution < -0.4 is 16.1 Å². The average molecular weight is 571 g/mol. The second-order valence-electron chi connectivity index (χ2n) is 9.81. The maximum absolute atomic E-state index is 13.8. The van der Waals surface area contributed by atoms with Gasteiger partial charge in [-0.3, -0.25) is 14.5 Å². The second-order valence-corrected chi connectivity index (χ2v) is 11.1. The van der Waals surface area contributed by atoms with Gasteiger partial charge in [0.05, 0.1) is 24.9 Å². The fraction of sp³-hybridized carbons (Fsp3) is 0.333. The minimum atomic E-state index is -1.94. The van der Waals surface area contributed by atoms with E-state index in [1.807, 2.05) is 0 Å². The number of hydrogen-bond acceptors (Lipinski definition) is 6. The number of aliphatic hydroxyl groups is 1. The van der Waals surface area contributed by atoms with Crippen molar-refractivity contribution >= 4 is 35.0 Å². The number of ether oxygens (including phenoxy) is 1. The first-order valence-electron chi connectivity index (χ1n) is 12.4. The van der Waals surface area contributed by atoms with Crippen LogP contribution in [-0.2, 0) is 16.1 Å². The summed E-state index contributed by atoms with van der Waals surface area (Å²) in [5, 5.41) is 9.37. The normalized spacial score (nSPS) is 27.6. The predicted octanol–water partition coefficient (Wildman–Crippen LogP) is 1.79. The third kappa shape index (κ3) is 3.31. The Balaban J connectivity index is 1.61. The lowest BCUT2D eigenvalue weighted by Gasteiger charge is -2.49. The molecule has 2 amide bonds. The van der Waals surface area contributed by atoms with Crippen LogP contribution in [0.1, 0.15) is 23.9 Å². The van der Waals surface area contributed by atoms with Gasteiger partial charge in [-0.15, -0.1) is 23.2 Å². The van der Waals surface area contributed by atoms with Gasteiger partial charge in [-0.25, -0.2) is 23.5 Å². The number of para-hydroxylation sites is 2. The van der Waals surface area contributed by atoms with Crippen LogP contribution in [0.25, 0.3) is 5.69 Å². The molecule has 0 unspecified atom stereocenters. The van der Waals surface area contributed by atoms with Crippen LogP contribution in [0, 0.1) is 0 Å². The lowest BCUT2D eigenvalue weighted by Crippen LogP contribution is -2.59. The van der Waals surface area contributed by atoms with E-state index in [0.29, 0.717) is 22.6 Å². The van der Waals surface area contributed by atoms with Gasteiger partial charge in [-0.05, 0) is 23.8 Å². The van der Waals surface area contributed by atoms with Crippen LogP contribution in [-0.4, -0.2) is 65.8 Å². The summed E-state index contributed by atoms with van der Waals surface area (Å²) in [6.07, 6.45) is 1.58. The van der Waals surface area contributed by atoms with Crippen molar-refractivity contribution < 1.29 is 19.4 Å². The van der Waals surface area contributed by atoms with Crippen molar-refractivity contribution in [3.05, 3.63) is 92.8 Å². The lowest BCUT2D eigenvalue weighted by atomic mass is 9.64. The van der Waals surface area contributed by atoms with Gasteiger partial charge in [0.2, 0.25) is 0 Å². The van der Waals surface area contributed by atoms with Gasteiger partial charge >= 0.3 is 11.4 Å². The van der Waals surface area contributed by atoms with E-state index in [4.69, 9.17) is 27.9 Å². The molecule has 1 aliphatic carbocycles. The van der Waals surface area contributed by atoms with Crippen LogP contribution in [0.2, 0.25) is 0 Å². The van der Waals surface area contributed by atoms with E-state index in [1.165, 1.54) is 16.4 Å². The summed E-state index contributed by atoms with van der Waals surface area (Å²) < 4.78 is 9.48. The van der Waals surface area contributed by atoms with Crippen molar-refractivity contribution in [3.8, 4) is 11.4 Å². The smallest absolute Gasteiger partial charge is 0.352 e. The van der Waals surface area contributed by atoms with E-state index in [9.17, 15) is 24.3 Å². The fourth-order valence-electron chi connectivity index (χ4n) is 6.16. The molecule has 3 aromatic rings. The summed E-state index contributed by atoms with van der Waals surface area (Å²) in [7, 11) is 1.33. The first-order valence-corrected chi connectivity index (χ1v) is 13.1. The molecule has 1 aromatic heterocycles. The molecule has 3 aliphatic rings. The standard InChI is InChI=1S/C27H24Cl2N4O6/c1-30-22(35)26(28)15-19-17(11-12-31-24(37)32(25(38)33(19)31)16-7-3-2-4-8-16)21(27(26,29)23(30)36)18-9-5-6-10-20(18)39-14-13-34/h2-11,19,21,34H,12-15H2,1H3/t19-,21-,26-,27+/m1/s1. The lowest BCUT2D eigenvalue weighted by molar-refractivity contribution is -0.137. The van der Waals surface area contributed by atoms with Crippen molar-refractivity contribution in [3.63, 3.8) is 0 Å². The number of amides is 2. The van der Waals surface area contributed by atoms with Gasteiger partial charge in [0.25, 0.3) is 11.8 Å². The molecule has 2 aromatic carbocycles. The Morgan fingerprint density at radius 1 is 0.974 bits per heavy atom. The van der Waals surface area contributed by atoms with Crippen LogP contribution >= 0.6 is 23.2 Å². The third-order valence-corrected chi connectivity index (χ3v) is 9.29. The summed E-state index contributed by atoms with van der Waals surface area (Å²) >= 11 is 14.3. The molecule has 10 nitrogen and oxygen atoms in total. The third-order valence-electron chi connectivity index (χ3n) is 7.87. The zero-order valence-electron chi connectivity index (χ0n) is 20.8. The molecule has 1 saturated heterocycles. The predicted molar refractivity (Wildman–Crippen MR) is 143 cm³/mol. The summed E-state index contributed by atoms with van der Waals surface area (Å²) in [4.78, 5) is 51.5. The van der Waals surface area contributed by atoms with E-state index in [-0.39, 0.29) is 26.2 Å². The Bertz CT molecular complexity index is 1660. The highest BCUT2D eigenvalue weighted by atomic mass is 35.5. The van der Waals surface area contributed by atoms with Gasteiger partial charge in [0.1, 0.15) is 12.4 Å². The molecule has 3 heterocycles. The highest BCUT2D eigenvalue weighted by Crippen LogP contribution is 2.64. The number of carbonyl (C=O) groups is 2. The molecule has 1 N–H and O–H groups in total. The monoisotopic (exact) mass is 570 g/mol. The van der Waals surface area contributed by atoms with Gasteiger partial charge in [0, 0.05) is 24.9 Å². The Hall–Kier alpha value is -3.60. The average Bonchev–Trinajstić information content (AvgIpc) is 3.27. The number of imide groups is 1. The topological polar surface area (TPSA) is 116 Å². The minimum Gasteiger partial charge on any atom is -0.491 e. The number of allylic oxidation sites excluding steroid dienone is 2. The fourth-order valence-corrected chi connectivity index (χ4v) is 7.15. The van der Waals surface area contributed by atoms with Gasteiger partial charge < -0.3 is 9.84 Å². The largest absolute Gasteiger partial charge is 0.491 e. The SMILES string of the molecule is CN1C(=O)[C@]2(Cl)C[C@@H]3C(=CCn4c(=O)n(-c5ccccc5)c(=O)n43)[C@H](c3ccccc3OCCO)[C@]2(Cl)C1=O. The number of aromatic nitrogens is 3. The molecule has 2 fully saturated rings. The minimum absolute atomic E-state index is 0.0147. The first kappa shape index (κ1) is 25.7. The maximum Gasteiger partial charge on any atom is 0.352 e. The van der Waals surface area contributed by atoms with Gasteiger partial charge in [0.15, 0.2) is 9.75 Å². The van der Waals surface area contributed by atoms with E-state index in [1.54, 1.807) is 60.7 Å². The van der Waals surface area contributed by atoms with Crippen molar-refractivity contribution in [2.75, 3.05) is 20.3 Å². The summed E-state index contributed by atoms with van der Waals surface area (Å²) in [5.74, 6) is -1.98. The number of aliphatic hydroxyl groups excluding tert-OH is 1. The van der Waals surface area contributed by atoms with E-state index in [2.05, 4.69) is 0 Å². The summed E-state index contributed by atoms with van der Waals surface area (Å²) in [5.41, 5.74) is 0.312. The maximum atomic E-state index is 13.8. The number of hydrogen-bond donors (Lipinski definition) is 1. The number of nitrogens with zero attached hydrogens (tertiary/aromatic N) is 4. The molecule has 12 heteroatoms.